The van der Waals surface area contributed by atoms with Gasteiger partial charge in [0, 0.05) is 17.6 Å². The predicted molar refractivity (Wildman–Crippen MR) is 135 cm³/mol. The van der Waals surface area contributed by atoms with E-state index in [2.05, 4.69) is 57.0 Å². The number of carbonyl (C=O) groups excluding carboxylic acids is 1. The van der Waals surface area contributed by atoms with Crippen LogP contribution in [-0.4, -0.2) is 44.9 Å². The van der Waals surface area contributed by atoms with Crippen molar-refractivity contribution in [3.05, 3.63) is 35.5 Å². The van der Waals surface area contributed by atoms with Crippen molar-refractivity contribution in [3.63, 3.8) is 0 Å². The molecule has 0 aromatic rings. The normalized spacial score (nSPS) is 21.3. The highest BCUT2D eigenvalue weighted by Crippen LogP contribution is 2.22. The summed E-state index contributed by atoms with van der Waals surface area (Å²) in [6, 6.07) is 0.340. The summed E-state index contributed by atoms with van der Waals surface area (Å²) in [5, 5.41) is 19.9. The van der Waals surface area contributed by atoms with E-state index in [1.807, 2.05) is 18.7 Å². The first kappa shape index (κ1) is 28.4. The molecule has 0 aromatic heterocycles. The van der Waals surface area contributed by atoms with Crippen LogP contribution in [0.25, 0.3) is 0 Å². The first-order chi connectivity index (χ1) is 15.0. The molecule has 1 aliphatic heterocycles. The molecule has 32 heavy (non-hydrogen) atoms. The lowest BCUT2D eigenvalue weighted by Crippen LogP contribution is -2.32. The van der Waals surface area contributed by atoms with Gasteiger partial charge < -0.3 is 10.2 Å². The fourth-order valence-corrected chi connectivity index (χ4v) is 4.67. The molecular weight excluding hydrogens is 422 g/mol. The number of thioether (sulfide) groups is 1. The van der Waals surface area contributed by atoms with Gasteiger partial charge >= 0.3 is 5.97 Å². The Kier molecular flexibility index (Phi) is 12.8. The van der Waals surface area contributed by atoms with Crippen molar-refractivity contribution >= 4 is 28.6 Å². The van der Waals surface area contributed by atoms with E-state index in [-0.39, 0.29) is 17.6 Å². The highest BCUT2D eigenvalue weighted by molar-refractivity contribution is 8.14. The lowest BCUT2D eigenvalue weighted by atomic mass is 9.85. The van der Waals surface area contributed by atoms with Gasteiger partial charge in [0.15, 0.2) is 0 Å². The SMILES string of the molecule is CC1=NC(/C=C(\C)CC/C=C(/C)C/C=C/C(C)CC(C)C(=O)C(C)C(O)CC(=O)O)CS1. The minimum atomic E-state index is -1.13. The van der Waals surface area contributed by atoms with Crippen molar-refractivity contribution < 1.29 is 19.8 Å². The van der Waals surface area contributed by atoms with Crippen molar-refractivity contribution in [2.24, 2.45) is 22.7 Å². The first-order valence-electron chi connectivity index (χ1n) is 11.6. The van der Waals surface area contributed by atoms with Gasteiger partial charge in [-0.15, -0.1) is 11.8 Å². The third-order valence-electron chi connectivity index (χ3n) is 5.84. The van der Waals surface area contributed by atoms with Crippen molar-refractivity contribution in [2.75, 3.05) is 5.75 Å². The molecule has 0 amide bonds. The third-order valence-corrected chi connectivity index (χ3v) is 6.88. The Balaban J connectivity index is 2.38. The molecule has 0 spiro atoms. The van der Waals surface area contributed by atoms with Crippen LogP contribution in [0.2, 0.25) is 0 Å². The van der Waals surface area contributed by atoms with Crippen LogP contribution in [0.1, 0.15) is 73.6 Å². The molecule has 5 nitrogen and oxygen atoms in total. The first-order valence-corrected chi connectivity index (χ1v) is 12.6. The van der Waals surface area contributed by atoms with Gasteiger partial charge in [-0.25, -0.2) is 0 Å². The Morgan fingerprint density at radius 3 is 2.50 bits per heavy atom. The molecule has 2 N–H and O–H groups in total. The van der Waals surface area contributed by atoms with E-state index in [1.54, 1.807) is 6.92 Å². The molecule has 0 aromatic carbocycles. The molecule has 6 heteroatoms. The minimum absolute atomic E-state index is 0.0736. The fraction of sp³-hybridized carbons (Fsp3) is 0.654. The van der Waals surface area contributed by atoms with Gasteiger partial charge in [0.2, 0.25) is 0 Å². The largest absolute Gasteiger partial charge is 0.481 e. The van der Waals surface area contributed by atoms with Gasteiger partial charge in [0.05, 0.1) is 23.6 Å². The molecule has 180 valence electrons. The Morgan fingerprint density at radius 2 is 1.91 bits per heavy atom. The molecule has 1 heterocycles. The number of aliphatic imine (C=N–C) groups is 1. The van der Waals surface area contributed by atoms with Crippen molar-refractivity contribution in [1.29, 1.82) is 0 Å². The van der Waals surface area contributed by atoms with E-state index in [1.165, 1.54) is 16.2 Å². The predicted octanol–water partition coefficient (Wildman–Crippen LogP) is 5.84. The van der Waals surface area contributed by atoms with E-state index in [0.29, 0.717) is 12.5 Å². The Morgan fingerprint density at radius 1 is 1.22 bits per heavy atom. The summed E-state index contributed by atoms with van der Waals surface area (Å²) in [7, 11) is 0. The number of carboxylic acid groups (broad SMARTS) is 1. The van der Waals surface area contributed by atoms with Crippen molar-refractivity contribution in [3.8, 4) is 0 Å². The summed E-state index contributed by atoms with van der Waals surface area (Å²) >= 11 is 1.83. The number of aliphatic hydroxyl groups is 1. The fourth-order valence-electron chi connectivity index (χ4n) is 3.87. The number of allylic oxidation sites excluding steroid dienone is 5. The Hall–Kier alpha value is -1.66. The van der Waals surface area contributed by atoms with Crippen LogP contribution in [0.15, 0.2) is 40.4 Å². The number of carboxylic acids is 1. The summed E-state index contributed by atoms with van der Waals surface area (Å²) in [5.41, 5.74) is 2.73. The van der Waals surface area contributed by atoms with Crippen LogP contribution in [0, 0.1) is 17.8 Å². The van der Waals surface area contributed by atoms with Gasteiger partial charge in [0.1, 0.15) is 5.78 Å². The lowest BCUT2D eigenvalue weighted by Gasteiger charge is -2.21. The maximum Gasteiger partial charge on any atom is 0.305 e. The molecule has 0 saturated heterocycles. The third kappa shape index (κ3) is 11.3. The number of hydrogen-bond donors (Lipinski definition) is 2. The Bertz CT molecular complexity index is 753. The van der Waals surface area contributed by atoms with Crippen molar-refractivity contribution in [2.45, 2.75) is 85.8 Å². The Labute approximate surface area is 198 Å². The molecule has 0 bridgehead atoms. The van der Waals surface area contributed by atoms with Crippen LogP contribution in [0.4, 0.5) is 0 Å². The number of hydrogen-bond acceptors (Lipinski definition) is 5. The minimum Gasteiger partial charge on any atom is -0.481 e. The van der Waals surface area contributed by atoms with Crippen LogP contribution < -0.4 is 0 Å². The van der Waals surface area contributed by atoms with E-state index in [4.69, 9.17) is 5.11 Å². The molecule has 5 unspecified atom stereocenters. The van der Waals surface area contributed by atoms with Crippen LogP contribution >= 0.6 is 11.8 Å². The maximum atomic E-state index is 12.5. The summed E-state index contributed by atoms with van der Waals surface area (Å²) in [4.78, 5) is 27.8. The summed E-state index contributed by atoms with van der Waals surface area (Å²) in [6.45, 7) is 11.9. The number of ketones is 1. The van der Waals surface area contributed by atoms with Gasteiger partial charge in [-0.3, -0.25) is 14.6 Å². The van der Waals surface area contributed by atoms with Gasteiger partial charge in [-0.1, -0.05) is 56.2 Å². The number of nitrogens with zero attached hydrogens (tertiary/aromatic N) is 1. The second-order valence-electron chi connectivity index (χ2n) is 9.23. The molecule has 1 rings (SSSR count). The molecule has 5 atom stereocenters. The zero-order valence-corrected chi connectivity index (χ0v) is 21.3. The number of carbonyl (C=O) groups is 2. The number of aliphatic carboxylic acids is 1. The topological polar surface area (TPSA) is 87.0 Å². The lowest BCUT2D eigenvalue weighted by molar-refractivity contribution is -0.141. The van der Waals surface area contributed by atoms with Crippen LogP contribution in [-0.2, 0) is 9.59 Å². The number of rotatable bonds is 14. The van der Waals surface area contributed by atoms with Crippen molar-refractivity contribution in [1.82, 2.24) is 0 Å². The van der Waals surface area contributed by atoms with E-state index in [9.17, 15) is 14.7 Å². The zero-order valence-electron chi connectivity index (χ0n) is 20.5. The monoisotopic (exact) mass is 463 g/mol. The summed E-state index contributed by atoms with van der Waals surface area (Å²) < 4.78 is 0. The van der Waals surface area contributed by atoms with Gasteiger partial charge in [0.25, 0.3) is 0 Å². The average molecular weight is 464 g/mol. The standard InChI is InChI=1S/C26H41NO4S/c1-17(10-8-12-19(3)14-23-16-32-22(6)27-23)9-7-11-18(2)13-20(4)26(31)21(5)24(28)15-25(29)30/h7,10-11,14,18,20-21,23-24,28H,8-9,12-13,15-16H2,1-6H3,(H,29,30)/b11-7+,17-10-,19-14+. The van der Waals surface area contributed by atoms with Crippen LogP contribution in [0.5, 0.6) is 0 Å². The highest BCUT2D eigenvalue weighted by Gasteiger charge is 2.28. The maximum absolute atomic E-state index is 12.5. The quantitative estimate of drug-likeness (QED) is 0.316. The van der Waals surface area contributed by atoms with E-state index in [0.717, 1.165) is 25.0 Å². The zero-order chi connectivity index (χ0) is 24.3. The average Bonchev–Trinajstić information content (AvgIpc) is 3.10. The smallest absolute Gasteiger partial charge is 0.305 e. The molecule has 0 fully saturated rings. The molecule has 0 saturated carbocycles. The highest BCUT2D eigenvalue weighted by atomic mass is 32.2. The van der Waals surface area contributed by atoms with Crippen LogP contribution in [0.3, 0.4) is 0 Å². The number of Topliss-reactive ketones (excluding diaryl/α,β-unsaturated/α-hetero) is 1. The van der Waals surface area contributed by atoms with Gasteiger partial charge in [-0.2, -0.15) is 0 Å². The van der Waals surface area contributed by atoms with E-state index >= 15 is 0 Å². The molecular formula is C26H41NO4S. The van der Waals surface area contributed by atoms with E-state index < -0.39 is 24.4 Å². The molecule has 0 aliphatic carbocycles. The summed E-state index contributed by atoms with van der Waals surface area (Å²) in [5.74, 6) is -0.742. The molecule has 0 radical (unpaired) electrons. The second kappa shape index (κ2) is 14.5. The molecule has 1 aliphatic rings. The second-order valence-corrected chi connectivity index (χ2v) is 10.4. The van der Waals surface area contributed by atoms with Gasteiger partial charge in [-0.05, 0) is 52.4 Å². The summed E-state index contributed by atoms with van der Waals surface area (Å²) in [6.07, 6.45) is 11.0. The number of aliphatic hydroxyl groups excluding tert-OH is 1.